The summed E-state index contributed by atoms with van der Waals surface area (Å²) in [5.41, 5.74) is 3.56. The Labute approximate surface area is 118 Å². The van der Waals surface area contributed by atoms with Crippen molar-refractivity contribution in [3.63, 3.8) is 0 Å². The lowest BCUT2D eigenvalue weighted by atomic mass is 10.2. The van der Waals surface area contributed by atoms with Crippen LogP contribution in [0.1, 0.15) is 23.0 Å². The second-order valence-electron chi connectivity index (χ2n) is 4.15. The normalized spacial score (nSPS) is 11.2. The summed E-state index contributed by atoms with van der Waals surface area (Å²) < 4.78 is 24.0. The molecule has 0 aliphatic carbocycles. The van der Waals surface area contributed by atoms with E-state index in [1.807, 2.05) is 6.92 Å². The van der Waals surface area contributed by atoms with E-state index in [9.17, 15) is 13.2 Å². The van der Waals surface area contributed by atoms with Gasteiger partial charge in [0.1, 0.15) is 5.82 Å². The summed E-state index contributed by atoms with van der Waals surface area (Å²) in [6, 6.07) is 3.19. The van der Waals surface area contributed by atoms with Crippen LogP contribution in [0.25, 0.3) is 0 Å². The Morgan fingerprint density at radius 2 is 2.05 bits per heavy atom. The Morgan fingerprint density at radius 3 is 2.60 bits per heavy atom. The minimum Gasteiger partial charge on any atom is -0.351 e. The van der Waals surface area contributed by atoms with Crippen LogP contribution in [0.4, 0.5) is 5.82 Å². The van der Waals surface area contributed by atoms with Gasteiger partial charge in [0, 0.05) is 24.3 Å². The molecule has 0 aliphatic rings. The number of nitrogen functional groups attached to an aromatic ring is 1. The van der Waals surface area contributed by atoms with E-state index in [1.165, 1.54) is 6.07 Å². The maximum absolute atomic E-state index is 11.9. The van der Waals surface area contributed by atoms with Crippen LogP contribution in [0.15, 0.2) is 12.1 Å². The second kappa shape index (κ2) is 7.17. The fourth-order valence-corrected chi connectivity index (χ4v) is 1.96. The van der Waals surface area contributed by atoms with Gasteiger partial charge >= 0.3 is 0 Å². The van der Waals surface area contributed by atoms with Gasteiger partial charge in [0.25, 0.3) is 5.91 Å². The minimum absolute atomic E-state index is 0.137. The molecule has 0 aliphatic heterocycles. The molecule has 20 heavy (non-hydrogen) atoms. The van der Waals surface area contributed by atoms with Gasteiger partial charge in [-0.25, -0.2) is 24.0 Å². The Balaban J connectivity index is 2.63. The molecular formula is C11H19N5O3S. The number of amides is 1. The van der Waals surface area contributed by atoms with Crippen LogP contribution < -0.4 is 21.3 Å². The molecule has 1 rings (SSSR count). The van der Waals surface area contributed by atoms with E-state index < -0.39 is 10.0 Å². The first-order valence-electron chi connectivity index (χ1n) is 6.06. The van der Waals surface area contributed by atoms with E-state index in [0.29, 0.717) is 17.8 Å². The molecule has 1 aromatic heterocycles. The second-order valence-corrected chi connectivity index (χ2v) is 5.99. The fourth-order valence-electron chi connectivity index (χ4n) is 1.49. The predicted octanol–water partition coefficient (Wildman–Crippen LogP) is -0.791. The average molecular weight is 301 g/mol. The van der Waals surface area contributed by atoms with Gasteiger partial charge in [0.05, 0.1) is 6.26 Å². The molecular weight excluding hydrogens is 282 g/mol. The van der Waals surface area contributed by atoms with Crippen molar-refractivity contribution in [2.24, 2.45) is 5.84 Å². The van der Waals surface area contributed by atoms with E-state index in [2.05, 4.69) is 20.4 Å². The van der Waals surface area contributed by atoms with Crippen molar-refractivity contribution in [3.8, 4) is 0 Å². The first-order valence-corrected chi connectivity index (χ1v) is 7.95. The van der Waals surface area contributed by atoms with Gasteiger partial charge in [-0.15, -0.1) is 0 Å². The predicted molar refractivity (Wildman–Crippen MR) is 76.6 cm³/mol. The summed E-state index contributed by atoms with van der Waals surface area (Å²) in [6.07, 6.45) is 1.73. The molecule has 1 heterocycles. The van der Waals surface area contributed by atoms with Crippen molar-refractivity contribution in [2.75, 3.05) is 24.8 Å². The van der Waals surface area contributed by atoms with Crippen LogP contribution in [0, 0.1) is 0 Å². The number of anilines is 1. The van der Waals surface area contributed by atoms with Crippen LogP contribution in [-0.4, -0.2) is 38.7 Å². The molecule has 5 N–H and O–H groups in total. The van der Waals surface area contributed by atoms with Gasteiger partial charge in [0.2, 0.25) is 10.0 Å². The van der Waals surface area contributed by atoms with Crippen LogP contribution in [0.5, 0.6) is 0 Å². The maximum Gasteiger partial charge on any atom is 0.251 e. The van der Waals surface area contributed by atoms with Crippen molar-refractivity contribution in [1.82, 2.24) is 15.0 Å². The summed E-state index contributed by atoms with van der Waals surface area (Å²) in [6.45, 7) is 2.25. The number of nitrogens with one attached hydrogen (secondary N) is 3. The SMILES string of the molecule is CCc1cc(C(=O)NCCNS(C)(=O)=O)cc(NN)n1. The number of hydrazine groups is 1. The number of sulfonamides is 1. The summed E-state index contributed by atoms with van der Waals surface area (Å²) >= 11 is 0. The number of carbonyl (C=O) groups is 1. The number of pyridine rings is 1. The minimum atomic E-state index is -3.25. The first kappa shape index (κ1) is 16.3. The standard InChI is InChI=1S/C11H19N5O3S/c1-3-9-6-8(7-10(15-9)16-12)11(17)13-4-5-14-20(2,18)19/h6-7,14H,3-5,12H2,1-2H3,(H,13,17)(H,15,16). The molecule has 0 saturated heterocycles. The monoisotopic (exact) mass is 301 g/mol. The van der Waals surface area contributed by atoms with Crippen molar-refractivity contribution < 1.29 is 13.2 Å². The summed E-state index contributed by atoms with van der Waals surface area (Å²) in [7, 11) is -3.25. The number of nitrogens with two attached hydrogens (primary N) is 1. The van der Waals surface area contributed by atoms with E-state index in [1.54, 1.807) is 6.07 Å². The Morgan fingerprint density at radius 1 is 1.35 bits per heavy atom. The zero-order chi connectivity index (χ0) is 15.2. The largest absolute Gasteiger partial charge is 0.351 e. The van der Waals surface area contributed by atoms with Gasteiger partial charge in [-0.05, 0) is 18.6 Å². The number of carbonyl (C=O) groups excluding carboxylic acids is 1. The number of hydrogen-bond acceptors (Lipinski definition) is 6. The molecule has 0 bridgehead atoms. The van der Waals surface area contributed by atoms with Crippen LogP contribution >= 0.6 is 0 Å². The van der Waals surface area contributed by atoms with Crippen molar-refractivity contribution in [2.45, 2.75) is 13.3 Å². The molecule has 0 fully saturated rings. The highest BCUT2D eigenvalue weighted by atomic mass is 32.2. The molecule has 9 heteroatoms. The molecule has 8 nitrogen and oxygen atoms in total. The quantitative estimate of drug-likeness (QED) is 0.297. The number of aryl methyl sites for hydroxylation is 1. The molecule has 1 amide bonds. The summed E-state index contributed by atoms with van der Waals surface area (Å²) in [5.74, 6) is 5.39. The highest BCUT2D eigenvalue weighted by Crippen LogP contribution is 2.10. The first-order chi connectivity index (χ1) is 9.35. The number of rotatable bonds is 7. The van der Waals surface area contributed by atoms with E-state index in [-0.39, 0.29) is 19.0 Å². The van der Waals surface area contributed by atoms with Crippen molar-refractivity contribution >= 4 is 21.7 Å². The topological polar surface area (TPSA) is 126 Å². The van der Waals surface area contributed by atoms with E-state index >= 15 is 0 Å². The Bertz CT molecular complexity index is 551. The highest BCUT2D eigenvalue weighted by Gasteiger charge is 2.09. The van der Waals surface area contributed by atoms with E-state index in [4.69, 9.17) is 5.84 Å². The molecule has 0 radical (unpaired) electrons. The molecule has 0 unspecified atom stereocenters. The van der Waals surface area contributed by atoms with Crippen LogP contribution in [-0.2, 0) is 16.4 Å². The zero-order valence-corrected chi connectivity index (χ0v) is 12.3. The van der Waals surface area contributed by atoms with Gasteiger partial charge in [-0.3, -0.25) is 4.79 Å². The zero-order valence-electron chi connectivity index (χ0n) is 11.4. The molecule has 0 aromatic carbocycles. The maximum atomic E-state index is 11.9. The van der Waals surface area contributed by atoms with Crippen molar-refractivity contribution in [1.29, 1.82) is 0 Å². The number of nitrogens with zero attached hydrogens (tertiary/aromatic N) is 1. The fraction of sp³-hybridized carbons (Fsp3) is 0.455. The lowest BCUT2D eigenvalue weighted by Crippen LogP contribution is -2.34. The summed E-state index contributed by atoms with van der Waals surface area (Å²) in [4.78, 5) is 16.1. The third kappa shape index (κ3) is 5.51. The van der Waals surface area contributed by atoms with Gasteiger partial charge < -0.3 is 10.7 Å². The van der Waals surface area contributed by atoms with Gasteiger partial charge in [-0.2, -0.15) is 0 Å². The summed E-state index contributed by atoms with van der Waals surface area (Å²) in [5, 5.41) is 2.61. The third-order valence-electron chi connectivity index (χ3n) is 2.43. The number of hydrogen-bond donors (Lipinski definition) is 4. The van der Waals surface area contributed by atoms with Crippen molar-refractivity contribution in [3.05, 3.63) is 23.4 Å². The lowest BCUT2D eigenvalue weighted by Gasteiger charge is -2.08. The average Bonchev–Trinajstić information content (AvgIpc) is 2.41. The lowest BCUT2D eigenvalue weighted by molar-refractivity contribution is 0.0954. The molecule has 0 atom stereocenters. The molecule has 0 saturated carbocycles. The van der Waals surface area contributed by atoms with Gasteiger partial charge in [-0.1, -0.05) is 6.92 Å². The number of aromatic nitrogens is 1. The molecule has 0 spiro atoms. The van der Waals surface area contributed by atoms with E-state index in [0.717, 1.165) is 11.9 Å². The molecule has 112 valence electrons. The smallest absolute Gasteiger partial charge is 0.251 e. The molecule has 1 aromatic rings. The Hall–Kier alpha value is -1.71. The third-order valence-corrected chi connectivity index (χ3v) is 3.15. The Kier molecular flexibility index (Phi) is 5.86. The van der Waals surface area contributed by atoms with Crippen LogP contribution in [0.3, 0.4) is 0 Å². The highest BCUT2D eigenvalue weighted by molar-refractivity contribution is 7.88. The van der Waals surface area contributed by atoms with Gasteiger partial charge in [0.15, 0.2) is 0 Å². The van der Waals surface area contributed by atoms with Crippen LogP contribution in [0.2, 0.25) is 0 Å².